The number of carbonyl (C=O) groups is 1. The maximum absolute atomic E-state index is 8.95. The normalized spacial score (nSPS) is 13.3. The van der Waals surface area contributed by atoms with Gasteiger partial charge in [0.1, 0.15) is 5.82 Å². The van der Waals surface area contributed by atoms with Crippen molar-refractivity contribution in [2.45, 2.75) is 12.8 Å². The van der Waals surface area contributed by atoms with Crippen molar-refractivity contribution in [2.24, 2.45) is 0 Å². The monoisotopic (exact) mass is 320 g/mol. The van der Waals surface area contributed by atoms with Gasteiger partial charge in [-0.25, -0.2) is 4.98 Å². The van der Waals surface area contributed by atoms with Crippen LogP contribution in [0, 0.1) is 0 Å². The van der Waals surface area contributed by atoms with Crippen LogP contribution in [0.5, 0.6) is 0 Å². The number of anilines is 2. The van der Waals surface area contributed by atoms with E-state index < -0.39 is 0 Å². The number of nitrogens with zero attached hydrogens (tertiary/aromatic N) is 3. The zero-order valence-electron chi connectivity index (χ0n) is 12.8. The fraction of sp³-hybridized carbons (Fsp3) is 0.400. The lowest BCUT2D eigenvalue weighted by Gasteiger charge is -2.17. The fourth-order valence-electron chi connectivity index (χ4n) is 2.20. The molecule has 2 aromatic heterocycles. The smallest absolute Gasteiger partial charge is 0.292 e. The number of aromatic nitrogens is 2. The lowest BCUT2D eigenvalue weighted by Crippen LogP contribution is -2.19. The molecule has 3 rings (SSSR count). The summed E-state index contributed by atoms with van der Waals surface area (Å²) in [7, 11) is 3.17. The highest BCUT2D eigenvalue weighted by molar-refractivity contribution is 7.13. The van der Waals surface area contributed by atoms with Gasteiger partial charge in [0, 0.05) is 26.2 Å². The quantitative estimate of drug-likeness (QED) is 0.874. The van der Waals surface area contributed by atoms with E-state index in [0.717, 1.165) is 24.6 Å². The Kier molecular flexibility index (Phi) is 6.14. The molecule has 1 saturated heterocycles. The van der Waals surface area contributed by atoms with Gasteiger partial charge >= 0.3 is 0 Å². The molecule has 1 aliphatic rings. The zero-order valence-corrected chi connectivity index (χ0v) is 13.6. The molecule has 0 spiro atoms. The Morgan fingerprint density at radius 1 is 1.36 bits per heavy atom. The number of hydrogen-bond donors (Lipinski definition) is 1. The molecule has 1 fully saturated rings. The number of carbonyl (C=O) groups excluding carboxylic acids is 1. The van der Waals surface area contributed by atoms with E-state index in [2.05, 4.69) is 48.5 Å². The maximum Gasteiger partial charge on any atom is 0.292 e. The minimum absolute atomic E-state index is 0.375. The van der Waals surface area contributed by atoms with Crippen molar-refractivity contribution in [3.8, 4) is 10.6 Å². The van der Waals surface area contributed by atoms with Gasteiger partial charge in [-0.3, -0.25) is 4.79 Å². The second-order valence-electron chi connectivity index (χ2n) is 4.69. The molecular weight excluding hydrogens is 300 g/mol. The topological polar surface area (TPSA) is 67.3 Å². The second-order valence-corrected chi connectivity index (χ2v) is 5.64. The van der Waals surface area contributed by atoms with E-state index in [4.69, 9.17) is 4.79 Å². The Bertz CT molecular complexity index is 583. The van der Waals surface area contributed by atoms with Crippen molar-refractivity contribution < 1.29 is 9.53 Å². The Morgan fingerprint density at radius 2 is 2.09 bits per heavy atom. The van der Waals surface area contributed by atoms with E-state index in [0.29, 0.717) is 12.4 Å². The number of thiophene rings is 1. The highest BCUT2D eigenvalue weighted by Gasteiger charge is 2.16. The third-order valence-electron chi connectivity index (χ3n) is 3.24. The van der Waals surface area contributed by atoms with Crippen LogP contribution in [-0.2, 0) is 9.53 Å². The van der Waals surface area contributed by atoms with Crippen molar-refractivity contribution in [3.63, 3.8) is 0 Å². The number of methoxy groups -OCH3 is 1. The van der Waals surface area contributed by atoms with Crippen LogP contribution in [0.15, 0.2) is 23.6 Å². The first-order valence-electron chi connectivity index (χ1n) is 7.10. The van der Waals surface area contributed by atoms with Gasteiger partial charge in [-0.2, -0.15) is 4.98 Å². The molecule has 0 bridgehead atoms. The van der Waals surface area contributed by atoms with Gasteiger partial charge in [0.15, 0.2) is 0 Å². The third-order valence-corrected chi connectivity index (χ3v) is 4.13. The predicted molar refractivity (Wildman–Crippen MR) is 89.4 cm³/mol. The lowest BCUT2D eigenvalue weighted by molar-refractivity contribution is -0.126. The molecule has 0 aliphatic carbocycles. The molecule has 6 nitrogen and oxygen atoms in total. The van der Waals surface area contributed by atoms with Crippen LogP contribution in [0.1, 0.15) is 12.8 Å². The van der Waals surface area contributed by atoms with Gasteiger partial charge in [-0.05, 0) is 24.3 Å². The van der Waals surface area contributed by atoms with Crippen LogP contribution in [0.4, 0.5) is 11.8 Å². The van der Waals surface area contributed by atoms with Crippen molar-refractivity contribution in [3.05, 3.63) is 23.6 Å². The molecule has 118 valence electrons. The second kappa shape index (κ2) is 8.33. The summed E-state index contributed by atoms with van der Waals surface area (Å²) >= 11 is 1.71. The molecule has 1 aliphatic heterocycles. The SMILES string of the molecule is CNc1nc(-c2cccs2)cc(N2CCCC2)n1.COC=O. The number of ether oxygens (including phenoxy) is 1. The lowest BCUT2D eigenvalue weighted by atomic mass is 10.3. The van der Waals surface area contributed by atoms with Crippen molar-refractivity contribution >= 4 is 29.6 Å². The molecule has 0 atom stereocenters. The average molecular weight is 320 g/mol. The summed E-state index contributed by atoms with van der Waals surface area (Å²) in [6, 6.07) is 6.24. The largest absolute Gasteiger partial charge is 0.471 e. The van der Waals surface area contributed by atoms with Crippen molar-refractivity contribution in [2.75, 3.05) is 37.5 Å². The predicted octanol–water partition coefficient (Wildman–Crippen LogP) is 2.64. The van der Waals surface area contributed by atoms with Crippen molar-refractivity contribution in [1.82, 2.24) is 9.97 Å². The first kappa shape index (κ1) is 16.2. The van der Waals surface area contributed by atoms with E-state index in [9.17, 15) is 0 Å². The summed E-state index contributed by atoms with van der Waals surface area (Å²) in [6.07, 6.45) is 2.51. The summed E-state index contributed by atoms with van der Waals surface area (Å²) in [6.45, 7) is 2.58. The minimum atomic E-state index is 0.375. The van der Waals surface area contributed by atoms with Crippen LogP contribution in [0.25, 0.3) is 10.6 Å². The molecule has 1 N–H and O–H groups in total. The van der Waals surface area contributed by atoms with Gasteiger partial charge in [0.25, 0.3) is 6.47 Å². The highest BCUT2D eigenvalue weighted by atomic mass is 32.1. The van der Waals surface area contributed by atoms with E-state index >= 15 is 0 Å². The fourth-order valence-corrected chi connectivity index (χ4v) is 2.89. The van der Waals surface area contributed by atoms with Gasteiger partial charge in [-0.1, -0.05) is 6.07 Å². The molecule has 2 aromatic rings. The summed E-state index contributed by atoms with van der Waals surface area (Å²) < 4.78 is 3.86. The van der Waals surface area contributed by atoms with Crippen LogP contribution in [0.3, 0.4) is 0 Å². The molecule has 0 radical (unpaired) electrons. The van der Waals surface area contributed by atoms with Gasteiger partial charge < -0.3 is 15.0 Å². The summed E-state index contributed by atoms with van der Waals surface area (Å²) in [5, 5.41) is 5.12. The molecule has 7 heteroatoms. The third kappa shape index (κ3) is 4.17. The Labute approximate surface area is 134 Å². The van der Waals surface area contributed by atoms with Crippen LogP contribution in [-0.4, -0.2) is 43.7 Å². The average Bonchev–Trinajstić information content (AvgIpc) is 3.27. The van der Waals surface area contributed by atoms with E-state index in [-0.39, 0.29) is 0 Å². The number of nitrogens with one attached hydrogen (secondary N) is 1. The Hall–Kier alpha value is -2.15. The Balaban J connectivity index is 0.000000396. The van der Waals surface area contributed by atoms with Crippen LogP contribution in [0.2, 0.25) is 0 Å². The Morgan fingerprint density at radius 3 is 2.64 bits per heavy atom. The summed E-state index contributed by atoms with van der Waals surface area (Å²) in [5.41, 5.74) is 1.01. The number of hydrogen-bond acceptors (Lipinski definition) is 7. The van der Waals surface area contributed by atoms with E-state index in [1.165, 1.54) is 24.8 Å². The molecule has 3 heterocycles. The van der Waals surface area contributed by atoms with Gasteiger partial charge in [0.05, 0.1) is 17.7 Å². The molecule has 0 saturated carbocycles. The molecular formula is C15H20N4O2S. The summed E-state index contributed by atoms with van der Waals surface area (Å²) in [5.74, 6) is 1.73. The number of rotatable bonds is 4. The molecule has 0 unspecified atom stereocenters. The maximum atomic E-state index is 8.95. The minimum Gasteiger partial charge on any atom is -0.471 e. The standard InChI is InChI=1S/C13H16N4S.C2H4O2/c1-14-13-15-10(11-5-4-8-18-11)9-12(16-13)17-6-2-3-7-17;1-4-2-3/h4-5,8-9H,2-3,6-7H2,1H3,(H,14,15,16);2H,1H3. The van der Waals surface area contributed by atoms with Gasteiger partial charge in [0.2, 0.25) is 5.95 Å². The molecule has 0 amide bonds. The summed E-state index contributed by atoms with van der Waals surface area (Å²) in [4.78, 5) is 21.6. The highest BCUT2D eigenvalue weighted by Crippen LogP contribution is 2.28. The molecule has 0 aromatic carbocycles. The first-order chi connectivity index (χ1) is 10.8. The van der Waals surface area contributed by atoms with E-state index in [1.54, 1.807) is 11.3 Å². The van der Waals surface area contributed by atoms with Crippen LogP contribution >= 0.6 is 11.3 Å². The zero-order chi connectivity index (χ0) is 15.8. The van der Waals surface area contributed by atoms with E-state index in [1.807, 2.05) is 7.05 Å². The van der Waals surface area contributed by atoms with Gasteiger partial charge in [-0.15, -0.1) is 11.3 Å². The van der Waals surface area contributed by atoms with Crippen LogP contribution < -0.4 is 10.2 Å². The molecule has 22 heavy (non-hydrogen) atoms. The first-order valence-corrected chi connectivity index (χ1v) is 7.98. The van der Waals surface area contributed by atoms with Crippen molar-refractivity contribution in [1.29, 1.82) is 0 Å².